The van der Waals surface area contributed by atoms with Crippen LogP contribution in [0.2, 0.25) is 0 Å². The second-order valence-corrected chi connectivity index (χ2v) is 6.56. The zero-order chi connectivity index (χ0) is 14.1. The van der Waals surface area contributed by atoms with Crippen molar-refractivity contribution >= 4 is 5.97 Å². The Hall–Kier alpha value is -1.34. The molecule has 1 aliphatic rings. The quantitative estimate of drug-likeness (QED) is 0.617. The Balaban J connectivity index is 2.64. The molecule has 1 fully saturated rings. The van der Waals surface area contributed by atoms with E-state index in [9.17, 15) is 4.79 Å². The monoisotopic (exact) mass is 250 g/mol. The van der Waals surface area contributed by atoms with Crippen LogP contribution in [0.5, 0.6) is 0 Å². The van der Waals surface area contributed by atoms with Gasteiger partial charge in [0.1, 0.15) is 0 Å². The van der Waals surface area contributed by atoms with Crippen LogP contribution in [0.25, 0.3) is 0 Å². The van der Waals surface area contributed by atoms with Gasteiger partial charge in [-0.05, 0) is 39.0 Å². The standard InChI is InChI=1S/C14H22N2O2/c1-9(8-15)7-10-11(14(10,5)6)12(17)18-16-13(2,3)4/h7,10-11,16H,1-6H3/b9-7+/t10-,11+/m0/s1. The minimum absolute atomic E-state index is 0.0893. The molecule has 4 heteroatoms. The molecule has 18 heavy (non-hydrogen) atoms. The summed E-state index contributed by atoms with van der Waals surface area (Å²) in [4.78, 5) is 17.1. The van der Waals surface area contributed by atoms with E-state index < -0.39 is 0 Å². The Labute approximate surface area is 109 Å². The average molecular weight is 250 g/mol. The number of nitrogens with zero attached hydrogens (tertiary/aromatic N) is 1. The molecule has 0 aliphatic heterocycles. The number of nitriles is 1. The lowest BCUT2D eigenvalue weighted by atomic mass is 10.1. The predicted molar refractivity (Wildman–Crippen MR) is 69.1 cm³/mol. The van der Waals surface area contributed by atoms with E-state index in [1.165, 1.54) is 0 Å². The van der Waals surface area contributed by atoms with Crippen molar-refractivity contribution in [3.63, 3.8) is 0 Å². The van der Waals surface area contributed by atoms with Gasteiger partial charge in [0.2, 0.25) is 0 Å². The van der Waals surface area contributed by atoms with Crippen LogP contribution in [0.4, 0.5) is 0 Å². The lowest BCUT2D eigenvalue weighted by Crippen LogP contribution is -2.38. The summed E-state index contributed by atoms with van der Waals surface area (Å²) in [6.07, 6.45) is 1.86. The Morgan fingerprint density at radius 2 is 2.00 bits per heavy atom. The fraction of sp³-hybridized carbons (Fsp3) is 0.714. The summed E-state index contributed by atoms with van der Waals surface area (Å²) >= 11 is 0. The van der Waals surface area contributed by atoms with Crippen LogP contribution in [0.1, 0.15) is 41.5 Å². The van der Waals surface area contributed by atoms with Crippen LogP contribution >= 0.6 is 0 Å². The normalized spacial score (nSPS) is 26.4. The molecule has 0 amide bonds. The summed E-state index contributed by atoms with van der Waals surface area (Å²) < 4.78 is 0. The summed E-state index contributed by atoms with van der Waals surface area (Å²) in [6.45, 7) is 11.6. The Bertz CT molecular complexity index is 410. The molecule has 0 bridgehead atoms. The van der Waals surface area contributed by atoms with Crippen LogP contribution in [0, 0.1) is 28.6 Å². The number of hydrogen-bond acceptors (Lipinski definition) is 4. The lowest BCUT2D eigenvalue weighted by molar-refractivity contribution is -0.157. The van der Waals surface area contributed by atoms with Gasteiger partial charge in [-0.15, -0.1) is 5.48 Å². The first-order chi connectivity index (χ1) is 8.09. The predicted octanol–water partition coefficient (Wildman–Crippen LogP) is 2.57. The van der Waals surface area contributed by atoms with Crippen molar-refractivity contribution in [2.45, 2.75) is 47.1 Å². The number of nitrogens with one attached hydrogen (secondary N) is 1. The van der Waals surface area contributed by atoms with Gasteiger partial charge in [-0.1, -0.05) is 19.9 Å². The van der Waals surface area contributed by atoms with Crippen LogP contribution < -0.4 is 5.48 Å². The minimum Gasteiger partial charge on any atom is -0.370 e. The van der Waals surface area contributed by atoms with Gasteiger partial charge in [-0.3, -0.25) is 4.79 Å². The maximum absolute atomic E-state index is 12.0. The van der Waals surface area contributed by atoms with Crippen LogP contribution in [0.15, 0.2) is 11.6 Å². The molecule has 1 saturated carbocycles. The molecule has 0 radical (unpaired) electrons. The molecule has 0 spiro atoms. The van der Waals surface area contributed by atoms with Crippen molar-refractivity contribution in [1.82, 2.24) is 5.48 Å². The number of allylic oxidation sites excluding steroid dienone is 2. The number of carbonyl (C=O) groups is 1. The first-order valence-electron chi connectivity index (χ1n) is 6.16. The van der Waals surface area contributed by atoms with E-state index in [4.69, 9.17) is 10.1 Å². The molecule has 0 heterocycles. The van der Waals surface area contributed by atoms with Crippen molar-refractivity contribution in [3.8, 4) is 6.07 Å². The average Bonchev–Trinajstić information content (AvgIpc) is 2.76. The number of hydroxylamine groups is 1. The van der Waals surface area contributed by atoms with Crippen molar-refractivity contribution in [3.05, 3.63) is 11.6 Å². The third-order valence-electron chi connectivity index (χ3n) is 3.23. The molecule has 1 rings (SSSR count). The van der Waals surface area contributed by atoms with E-state index in [1.807, 2.05) is 40.7 Å². The second kappa shape index (κ2) is 4.74. The van der Waals surface area contributed by atoms with Gasteiger partial charge in [0.15, 0.2) is 0 Å². The summed E-state index contributed by atoms with van der Waals surface area (Å²) in [5, 5.41) is 8.77. The first kappa shape index (κ1) is 14.7. The van der Waals surface area contributed by atoms with E-state index >= 15 is 0 Å². The maximum Gasteiger partial charge on any atom is 0.328 e. The van der Waals surface area contributed by atoms with E-state index in [2.05, 4.69) is 11.5 Å². The van der Waals surface area contributed by atoms with E-state index in [0.717, 1.165) is 0 Å². The fourth-order valence-electron chi connectivity index (χ4n) is 2.01. The van der Waals surface area contributed by atoms with Crippen LogP contribution in [-0.4, -0.2) is 11.5 Å². The van der Waals surface area contributed by atoms with Gasteiger partial charge < -0.3 is 4.84 Å². The van der Waals surface area contributed by atoms with E-state index in [0.29, 0.717) is 5.57 Å². The Morgan fingerprint density at radius 1 is 1.44 bits per heavy atom. The highest BCUT2D eigenvalue weighted by Gasteiger charge is 2.61. The second-order valence-electron chi connectivity index (χ2n) is 6.56. The van der Waals surface area contributed by atoms with E-state index in [-0.39, 0.29) is 28.8 Å². The molecule has 4 nitrogen and oxygen atoms in total. The molecule has 0 aromatic heterocycles. The summed E-state index contributed by atoms with van der Waals surface area (Å²) in [7, 11) is 0. The number of rotatable bonds is 3. The number of hydrogen-bond donors (Lipinski definition) is 1. The van der Waals surface area contributed by atoms with Crippen molar-refractivity contribution in [2.24, 2.45) is 17.3 Å². The van der Waals surface area contributed by atoms with Gasteiger partial charge in [0, 0.05) is 11.1 Å². The van der Waals surface area contributed by atoms with Gasteiger partial charge >= 0.3 is 5.97 Å². The molecule has 0 unspecified atom stereocenters. The maximum atomic E-state index is 12.0. The topological polar surface area (TPSA) is 62.1 Å². The Morgan fingerprint density at radius 3 is 2.44 bits per heavy atom. The summed E-state index contributed by atoms with van der Waals surface area (Å²) in [6, 6.07) is 2.08. The van der Waals surface area contributed by atoms with Gasteiger partial charge in [0.25, 0.3) is 0 Å². The van der Waals surface area contributed by atoms with Crippen LogP contribution in [0.3, 0.4) is 0 Å². The van der Waals surface area contributed by atoms with Gasteiger partial charge in [-0.2, -0.15) is 5.26 Å². The molecular formula is C14H22N2O2. The highest BCUT2D eigenvalue weighted by atomic mass is 16.7. The summed E-state index contributed by atoms with van der Waals surface area (Å²) in [5.41, 5.74) is 2.99. The lowest BCUT2D eigenvalue weighted by Gasteiger charge is -2.19. The molecule has 0 aromatic rings. The van der Waals surface area contributed by atoms with Gasteiger partial charge in [0.05, 0.1) is 12.0 Å². The third kappa shape index (κ3) is 3.33. The third-order valence-corrected chi connectivity index (χ3v) is 3.23. The molecular weight excluding hydrogens is 228 g/mol. The molecule has 1 N–H and O–H groups in total. The van der Waals surface area contributed by atoms with E-state index in [1.54, 1.807) is 6.92 Å². The molecule has 100 valence electrons. The fourth-order valence-corrected chi connectivity index (χ4v) is 2.01. The zero-order valence-corrected chi connectivity index (χ0v) is 12.0. The smallest absolute Gasteiger partial charge is 0.328 e. The van der Waals surface area contributed by atoms with Gasteiger partial charge in [-0.25, -0.2) is 0 Å². The van der Waals surface area contributed by atoms with Crippen molar-refractivity contribution in [2.75, 3.05) is 0 Å². The Kier molecular flexibility index (Phi) is 3.87. The molecule has 0 aromatic carbocycles. The highest BCUT2D eigenvalue weighted by molar-refractivity contribution is 5.78. The number of carbonyl (C=O) groups excluding carboxylic acids is 1. The SMILES string of the molecule is C/C(C#N)=C\[C@H]1[C@H](C(=O)ONC(C)(C)C)C1(C)C. The first-order valence-corrected chi connectivity index (χ1v) is 6.16. The molecule has 1 aliphatic carbocycles. The molecule has 0 saturated heterocycles. The van der Waals surface area contributed by atoms with Crippen molar-refractivity contribution < 1.29 is 9.63 Å². The molecule has 2 atom stereocenters. The minimum atomic E-state index is -0.261. The summed E-state index contributed by atoms with van der Waals surface area (Å²) in [5.74, 6) is -0.330. The highest BCUT2D eigenvalue weighted by Crippen LogP contribution is 2.59. The largest absolute Gasteiger partial charge is 0.370 e. The van der Waals surface area contributed by atoms with Crippen molar-refractivity contribution in [1.29, 1.82) is 5.26 Å². The van der Waals surface area contributed by atoms with Crippen LogP contribution in [-0.2, 0) is 9.63 Å². The zero-order valence-electron chi connectivity index (χ0n) is 12.0.